The molecule has 3 aliphatic heterocycles. The fourth-order valence-corrected chi connectivity index (χ4v) is 5.22. The molecule has 0 aromatic rings. The zero-order chi connectivity index (χ0) is 13.6. The van der Waals surface area contributed by atoms with Gasteiger partial charge in [-0.05, 0) is 56.5 Å². The van der Waals surface area contributed by atoms with E-state index in [9.17, 15) is 4.79 Å². The standard InChI is InChI=1S/C16H27N3O/c20-14(16-3-1-2-13(16)10-18-12-16)19-8-5-15(6-9-19)4-7-17-11-15/h13,17-18H,1-12H2/t13-,16-/m1/s1. The molecule has 2 N–H and O–H groups in total. The largest absolute Gasteiger partial charge is 0.342 e. The van der Waals surface area contributed by atoms with Gasteiger partial charge in [-0.1, -0.05) is 6.42 Å². The van der Waals surface area contributed by atoms with Crippen LogP contribution in [0.4, 0.5) is 0 Å². The van der Waals surface area contributed by atoms with Gasteiger partial charge in [-0.3, -0.25) is 4.79 Å². The van der Waals surface area contributed by atoms with Crippen LogP contribution in [0.1, 0.15) is 38.5 Å². The van der Waals surface area contributed by atoms with Gasteiger partial charge in [-0.25, -0.2) is 0 Å². The first kappa shape index (κ1) is 13.1. The summed E-state index contributed by atoms with van der Waals surface area (Å²) in [6.45, 7) is 6.32. The molecule has 3 heterocycles. The fourth-order valence-electron chi connectivity index (χ4n) is 5.22. The number of carbonyl (C=O) groups excluding carboxylic acids is 1. The third-order valence-electron chi connectivity index (χ3n) is 6.66. The van der Waals surface area contributed by atoms with Crippen LogP contribution in [0.15, 0.2) is 0 Å². The molecule has 4 heteroatoms. The Labute approximate surface area is 121 Å². The van der Waals surface area contributed by atoms with Gasteiger partial charge in [0.15, 0.2) is 0 Å². The number of piperidine rings is 1. The van der Waals surface area contributed by atoms with E-state index in [1.807, 2.05) is 0 Å². The van der Waals surface area contributed by atoms with Gasteiger partial charge in [-0.15, -0.1) is 0 Å². The Morgan fingerprint density at radius 1 is 1.05 bits per heavy atom. The molecule has 0 unspecified atom stereocenters. The molecule has 0 aromatic carbocycles. The molecule has 4 aliphatic rings. The molecule has 112 valence electrons. The van der Waals surface area contributed by atoms with E-state index >= 15 is 0 Å². The Kier molecular flexibility index (Phi) is 3.08. The van der Waals surface area contributed by atoms with Crippen molar-refractivity contribution in [2.45, 2.75) is 38.5 Å². The molecule has 1 saturated carbocycles. The number of nitrogens with zero attached hydrogens (tertiary/aromatic N) is 1. The summed E-state index contributed by atoms with van der Waals surface area (Å²) in [7, 11) is 0. The summed E-state index contributed by atoms with van der Waals surface area (Å²) < 4.78 is 0. The van der Waals surface area contributed by atoms with Crippen molar-refractivity contribution in [3.63, 3.8) is 0 Å². The van der Waals surface area contributed by atoms with E-state index < -0.39 is 0 Å². The number of nitrogens with one attached hydrogen (secondary N) is 2. The summed E-state index contributed by atoms with van der Waals surface area (Å²) in [5.41, 5.74) is 0.482. The lowest BCUT2D eigenvalue weighted by Crippen LogP contribution is -2.51. The van der Waals surface area contributed by atoms with Gasteiger partial charge < -0.3 is 15.5 Å². The fraction of sp³-hybridized carbons (Fsp3) is 0.938. The van der Waals surface area contributed by atoms with Crippen LogP contribution in [0, 0.1) is 16.7 Å². The van der Waals surface area contributed by atoms with Crippen LogP contribution >= 0.6 is 0 Å². The maximum absolute atomic E-state index is 13.1. The van der Waals surface area contributed by atoms with Crippen LogP contribution < -0.4 is 10.6 Å². The number of hydrogen-bond donors (Lipinski definition) is 2. The van der Waals surface area contributed by atoms with E-state index in [2.05, 4.69) is 15.5 Å². The van der Waals surface area contributed by atoms with Crippen LogP contribution in [0.2, 0.25) is 0 Å². The molecule has 3 saturated heterocycles. The Morgan fingerprint density at radius 3 is 2.65 bits per heavy atom. The highest BCUT2D eigenvalue weighted by atomic mass is 16.2. The molecular formula is C16H27N3O. The lowest BCUT2D eigenvalue weighted by atomic mass is 9.75. The average molecular weight is 277 g/mol. The Morgan fingerprint density at radius 2 is 1.90 bits per heavy atom. The quantitative estimate of drug-likeness (QED) is 0.751. The van der Waals surface area contributed by atoms with Crippen molar-refractivity contribution in [3.8, 4) is 0 Å². The Hall–Kier alpha value is -0.610. The van der Waals surface area contributed by atoms with E-state index in [1.165, 1.54) is 45.2 Å². The summed E-state index contributed by atoms with van der Waals surface area (Å²) in [4.78, 5) is 15.3. The summed E-state index contributed by atoms with van der Waals surface area (Å²) in [5, 5.41) is 6.98. The highest BCUT2D eigenvalue weighted by Gasteiger charge is 2.53. The zero-order valence-corrected chi connectivity index (χ0v) is 12.4. The first-order chi connectivity index (χ1) is 9.74. The van der Waals surface area contributed by atoms with E-state index in [-0.39, 0.29) is 5.41 Å². The second-order valence-corrected chi connectivity index (χ2v) is 7.60. The van der Waals surface area contributed by atoms with Crippen molar-refractivity contribution in [2.75, 3.05) is 39.3 Å². The first-order valence-corrected chi connectivity index (χ1v) is 8.45. The average Bonchev–Trinajstić information content (AvgIpc) is 3.14. The van der Waals surface area contributed by atoms with Crippen LogP contribution in [-0.4, -0.2) is 50.1 Å². The van der Waals surface area contributed by atoms with Gasteiger partial charge in [0, 0.05) is 26.2 Å². The normalized spacial score (nSPS) is 39.4. The number of likely N-dealkylation sites (tertiary alicyclic amines) is 1. The van der Waals surface area contributed by atoms with Gasteiger partial charge in [0.1, 0.15) is 0 Å². The lowest BCUT2D eigenvalue weighted by molar-refractivity contribution is -0.144. The minimum absolute atomic E-state index is 0.0293. The van der Waals surface area contributed by atoms with Crippen molar-refractivity contribution in [2.24, 2.45) is 16.7 Å². The molecule has 1 amide bonds. The minimum atomic E-state index is -0.0293. The zero-order valence-electron chi connectivity index (χ0n) is 12.4. The first-order valence-electron chi connectivity index (χ1n) is 8.45. The van der Waals surface area contributed by atoms with Gasteiger partial charge in [0.05, 0.1) is 5.41 Å². The molecule has 4 nitrogen and oxygen atoms in total. The monoisotopic (exact) mass is 277 g/mol. The molecule has 4 rings (SSSR count). The van der Waals surface area contributed by atoms with Crippen LogP contribution in [0.5, 0.6) is 0 Å². The van der Waals surface area contributed by atoms with Gasteiger partial charge >= 0.3 is 0 Å². The molecule has 2 atom stereocenters. The van der Waals surface area contributed by atoms with Crippen molar-refractivity contribution in [1.29, 1.82) is 0 Å². The van der Waals surface area contributed by atoms with Crippen LogP contribution in [0.25, 0.3) is 0 Å². The summed E-state index contributed by atoms with van der Waals surface area (Å²) in [6.07, 6.45) is 7.34. The van der Waals surface area contributed by atoms with Crippen molar-refractivity contribution in [3.05, 3.63) is 0 Å². The maximum atomic E-state index is 13.1. The van der Waals surface area contributed by atoms with Crippen molar-refractivity contribution < 1.29 is 4.79 Å². The molecule has 1 aliphatic carbocycles. The molecule has 0 aromatic heterocycles. The number of amides is 1. The third kappa shape index (κ3) is 1.84. The number of rotatable bonds is 1. The highest BCUT2D eigenvalue weighted by Crippen LogP contribution is 2.48. The molecule has 1 spiro atoms. The maximum Gasteiger partial charge on any atom is 0.230 e. The number of carbonyl (C=O) groups is 1. The molecular weight excluding hydrogens is 250 g/mol. The Balaban J connectivity index is 1.45. The van der Waals surface area contributed by atoms with Gasteiger partial charge in [-0.2, -0.15) is 0 Å². The van der Waals surface area contributed by atoms with Crippen molar-refractivity contribution in [1.82, 2.24) is 15.5 Å². The predicted molar refractivity (Wildman–Crippen MR) is 78.4 cm³/mol. The minimum Gasteiger partial charge on any atom is -0.342 e. The third-order valence-corrected chi connectivity index (χ3v) is 6.66. The predicted octanol–water partition coefficient (Wildman–Crippen LogP) is 0.978. The van der Waals surface area contributed by atoms with Gasteiger partial charge in [0.25, 0.3) is 0 Å². The van der Waals surface area contributed by atoms with E-state index in [1.54, 1.807) is 0 Å². The Bertz CT molecular complexity index is 383. The highest BCUT2D eigenvalue weighted by molar-refractivity contribution is 5.84. The summed E-state index contributed by atoms with van der Waals surface area (Å²) in [5.74, 6) is 1.09. The second kappa shape index (κ2) is 4.70. The van der Waals surface area contributed by atoms with E-state index in [0.717, 1.165) is 32.6 Å². The smallest absolute Gasteiger partial charge is 0.230 e. The topological polar surface area (TPSA) is 44.4 Å². The SMILES string of the molecule is O=C(N1CCC2(CCNC2)CC1)[C@@]12CCC[C@@H]1CNC2. The van der Waals surface area contributed by atoms with Crippen LogP contribution in [0.3, 0.4) is 0 Å². The molecule has 0 bridgehead atoms. The molecule has 20 heavy (non-hydrogen) atoms. The van der Waals surface area contributed by atoms with E-state index in [4.69, 9.17) is 0 Å². The second-order valence-electron chi connectivity index (χ2n) is 7.60. The van der Waals surface area contributed by atoms with E-state index in [0.29, 0.717) is 17.2 Å². The molecule has 0 radical (unpaired) electrons. The van der Waals surface area contributed by atoms with Crippen LogP contribution in [-0.2, 0) is 4.79 Å². The number of fused-ring (bicyclic) bond motifs is 1. The lowest BCUT2D eigenvalue weighted by Gasteiger charge is -2.42. The van der Waals surface area contributed by atoms with Gasteiger partial charge in [0.2, 0.25) is 5.91 Å². The summed E-state index contributed by atoms with van der Waals surface area (Å²) >= 11 is 0. The molecule has 4 fully saturated rings. The summed E-state index contributed by atoms with van der Waals surface area (Å²) in [6, 6.07) is 0. The number of hydrogen-bond acceptors (Lipinski definition) is 3. The van der Waals surface area contributed by atoms with Crippen molar-refractivity contribution >= 4 is 5.91 Å².